The van der Waals surface area contributed by atoms with E-state index in [1.807, 2.05) is 13.1 Å². The van der Waals surface area contributed by atoms with Crippen molar-refractivity contribution in [1.29, 1.82) is 0 Å². The predicted octanol–water partition coefficient (Wildman–Crippen LogP) is 2.18. The van der Waals surface area contributed by atoms with Crippen LogP contribution in [0.25, 0.3) is 11.6 Å². The first-order valence-electron chi connectivity index (χ1n) is 9.70. The lowest BCUT2D eigenvalue weighted by molar-refractivity contribution is 0.0830. The Labute approximate surface area is 166 Å². The number of rotatable bonds is 4. The molecule has 5 heterocycles. The Kier molecular flexibility index (Phi) is 4.55. The number of aryl methyl sites for hydroxylation is 1. The van der Waals surface area contributed by atoms with Gasteiger partial charge >= 0.3 is 6.03 Å². The Morgan fingerprint density at radius 3 is 2.97 bits per heavy atom. The zero-order valence-corrected chi connectivity index (χ0v) is 16.1. The summed E-state index contributed by atoms with van der Waals surface area (Å²) in [6, 6.07) is 3.47. The van der Waals surface area contributed by atoms with Gasteiger partial charge in [-0.1, -0.05) is 5.16 Å². The van der Waals surface area contributed by atoms with Crippen LogP contribution in [0.4, 0.5) is 4.79 Å². The number of aromatic nitrogens is 4. The lowest BCUT2D eigenvalue weighted by Gasteiger charge is -2.18. The summed E-state index contributed by atoms with van der Waals surface area (Å²) in [6.07, 6.45) is 3.37. The van der Waals surface area contributed by atoms with Crippen molar-refractivity contribution in [2.24, 2.45) is 7.05 Å². The van der Waals surface area contributed by atoms with E-state index < -0.39 is 0 Å². The lowest BCUT2D eigenvalue weighted by atomic mass is 10.00. The summed E-state index contributed by atoms with van der Waals surface area (Å²) in [7, 11) is 1.86. The summed E-state index contributed by atoms with van der Waals surface area (Å²) < 4.78 is 18.0. The summed E-state index contributed by atoms with van der Waals surface area (Å²) in [4.78, 5) is 18.9. The van der Waals surface area contributed by atoms with Crippen LogP contribution in [0, 0.1) is 0 Å². The van der Waals surface area contributed by atoms with Gasteiger partial charge in [0.25, 0.3) is 5.89 Å². The Bertz CT molecular complexity index is 1000. The molecule has 0 aromatic carbocycles. The van der Waals surface area contributed by atoms with Crippen LogP contribution >= 0.6 is 0 Å². The summed E-state index contributed by atoms with van der Waals surface area (Å²) in [5.41, 5.74) is 2.57. The molecule has 0 atom stereocenters. The molecule has 10 heteroatoms. The number of carbonyl (C=O) groups is 1. The first-order chi connectivity index (χ1) is 14.2. The first-order valence-corrected chi connectivity index (χ1v) is 9.70. The Morgan fingerprint density at radius 1 is 1.31 bits per heavy atom. The smallest absolute Gasteiger partial charge is 0.318 e. The average Bonchev–Trinajstić information content (AvgIpc) is 3.52. The third-order valence-electron chi connectivity index (χ3n) is 5.48. The third kappa shape index (κ3) is 3.39. The van der Waals surface area contributed by atoms with E-state index >= 15 is 0 Å². The highest BCUT2D eigenvalue weighted by Gasteiger charge is 2.33. The molecule has 0 unspecified atom stereocenters. The molecule has 152 valence electrons. The topological polar surface area (TPSA) is 111 Å². The van der Waals surface area contributed by atoms with Crippen LogP contribution in [0.15, 0.2) is 27.3 Å². The highest BCUT2D eigenvalue weighted by Crippen LogP contribution is 2.33. The van der Waals surface area contributed by atoms with Gasteiger partial charge in [0, 0.05) is 31.7 Å². The molecule has 0 bridgehead atoms. The molecule has 0 aliphatic carbocycles. The molecule has 10 nitrogen and oxygen atoms in total. The van der Waals surface area contributed by atoms with Crippen LogP contribution in [0.2, 0.25) is 0 Å². The highest BCUT2D eigenvalue weighted by atomic mass is 16.5. The van der Waals surface area contributed by atoms with Crippen LogP contribution in [-0.4, -0.2) is 44.1 Å². The molecule has 0 spiro atoms. The van der Waals surface area contributed by atoms with Crippen molar-refractivity contribution in [2.45, 2.75) is 38.4 Å². The number of urea groups is 1. The van der Waals surface area contributed by atoms with Gasteiger partial charge in [0.1, 0.15) is 5.76 Å². The molecule has 0 radical (unpaired) electrons. The minimum absolute atomic E-state index is 0.156. The van der Waals surface area contributed by atoms with Gasteiger partial charge in [-0.3, -0.25) is 4.68 Å². The zero-order chi connectivity index (χ0) is 19.8. The van der Waals surface area contributed by atoms with Crippen LogP contribution < -0.4 is 5.32 Å². The molecule has 3 aromatic rings. The molecule has 2 amide bonds. The summed E-state index contributed by atoms with van der Waals surface area (Å²) >= 11 is 0. The fourth-order valence-electron chi connectivity index (χ4n) is 3.85. The number of fused-ring (bicyclic) bond motifs is 1. The molecule has 0 saturated carbocycles. The third-order valence-corrected chi connectivity index (χ3v) is 5.48. The lowest BCUT2D eigenvalue weighted by Crippen LogP contribution is -2.36. The molecule has 2 aliphatic rings. The van der Waals surface area contributed by atoms with Gasteiger partial charge in [0.15, 0.2) is 11.5 Å². The van der Waals surface area contributed by atoms with Gasteiger partial charge in [0.05, 0.1) is 31.6 Å². The number of carbonyl (C=O) groups excluding carboxylic acids is 1. The number of nitrogens with one attached hydrogen (secondary N) is 1. The maximum Gasteiger partial charge on any atom is 0.318 e. The Hall–Kier alpha value is -3.14. The second-order valence-electron chi connectivity index (χ2n) is 7.34. The zero-order valence-electron chi connectivity index (χ0n) is 16.1. The van der Waals surface area contributed by atoms with Gasteiger partial charge in [0.2, 0.25) is 0 Å². The molecular formula is C19H22N6O4. The van der Waals surface area contributed by atoms with Gasteiger partial charge in [-0.2, -0.15) is 10.1 Å². The van der Waals surface area contributed by atoms with E-state index in [0.717, 1.165) is 37.3 Å². The van der Waals surface area contributed by atoms with E-state index in [-0.39, 0.29) is 11.9 Å². The number of hydrogen-bond acceptors (Lipinski definition) is 7. The van der Waals surface area contributed by atoms with Crippen LogP contribution in [0.1, 0.15) is 41.6 Å². The molecule has 3 aromatic heterocycles. The molecule has 1 fully saturated rings. The van der Waals surface area contributed by atoms with Gasteiger partial charge < -0.3 is 23.9 Å². The minimum Gasteiger partial charge on any atom is -0.467 e. The van der Waals surface area contributed by atoms with Crippen molar-refractivity contribution in [3.8, 4) is 11.6 Å². The summed E-state index contributed by atoms with van der Waals surface area (Å²) in [5, 5.41) is 11.6. The highest BCUT2D eigenvalue weighted by molar-refractivity contribution is 5.75. The van der Waals surface area contributed by atoms with Crippen molar-refractivity contribution in [3.05, 3.63) is 41.2 Å². The summed E-state index contributed by atoms with van der Waals surface area (Å²) in [5.74, 6) is 2.07. The maximum atomic E-state index is 12.6. The van der Waals surface area contributed by atoms with Crippen molar-refractivity contribution in [2.75, 3.05) is 13.2 Å². The van der Waals surface area contributed by atoms with Crippen LogP contribution in [-0.2, 0) is 31.4 Å². The van der Waals surface area contributed by atoms with Gasteiger partial charge in [-0.05, 0) is 25.0 Å². The molecule has 5 rings (SSSR count). The number of amides is 2. The van der Waals surface area contributed by atoms with E-state index in [2.05, 4.69) is 20.6 Å². The largest absolute Gasteiger partial charge is 0.467 e. The van der Waals surface area contributed by atoms with E-state index in [0.29, 0.717) is 42.8 Å². The van der Waals surface area contributed by atoms with Gasteiger partial charge in [-0.15, -0.1) is 0 Å². The minimum atomic E-state index is -0.156. The normalized spacial score (nSPS) is 16.9. The number of furan rings is 1. The predicted molar refractivity (Wildman–Crippen MR) is 99.5 cm³/mol. The van der Waals surface area contributed by atoms with Crippen molar-refractivity contribution >= 4 is 6.03 Å². The second kappa shape index (κ2) is 7.36. The number of ether oxygens (including phenoxy) is 1. The van der Waals surface area contributed by atoms with E-state index in [9.17, 15) is 4.79 Å². The molecule has 29 heavy (non-hydrogen) atoms. The molecule has 1 N–H and O–H groups in total. The van der Waals surface area contributed by atoms with Gasteiger partial charge in [-0.25, -0.2) is 4.79 Å². The van der Waals surface area contributed by atoms with Crippen LogP contribution in [0.3, 0.4) is 0 Å². The second-order valence-corrected chi connectivity index (χ2v) is 7.34. The molecule has 1 saturated heterocycles. The SMILES string of the molecule is Cn1nc(-c2nc(C3CCOCC3)no2)c2c1CN(C(=O)NCc1ccco1)C2. The van der Waals surface area contributed by atoms with E-state index in [1.165, 1.54) is 0 Å². The van der Waals surface area contributed by atoms with Crippen molar-refractivity contribution in [1.82, 2.24) is 30.1 Å². The quantitative estimate of drug-likeness (QED) is 0.717. The Morgan fingerprint density at radius 2 is 2.17 bits per heavy atom. The first kappa shape index (κ1) is 17.9. The number of nitrogens with zero attached hydrogens (tertiary/aromatic N) is 5. The average molecular weight is 398 g/mol. The monoisotopic (exact) mass is 398 g/mol. The maximum absolute atomic E-state index is 12.6. The standard InChI is InChI=1S/C19H22N6O4/c1-24-15-11-25(19(26)20-9-13-3-2-6-28-13)10-14(15)16(22-24)18-21-17(23-29-18)12-4-7-27-8-5-12/h2-3,6,12H,4-5,7-11H2,1H3,(H,20,26). The Balaban J connectivity index is 1.31. The molecular weight excluding hydrogens is 376 g/mol. The fourth-order valence-corrected chi connectivity index (χ4v) is 3.85. The van der Waals surface area contributed by atoms with E-state index in [4.69, 9.17) is 13.7 Å². The fraction of sp³-hybridized carbons (Fsp3) is 0.474. The molecule has 2 aliphatic heterocycles. The summed E-state index contributed by atoms with van der Waals surface area (Å²) in [6.45, 7) is 2.70. The van der Waals surface area contributed by atoms with Crippen LogP contribution in [0.5, 0.6) is 0 Å². The van der Waals surface area contributed by atoms with Crippen molar-refractivity contribution in [3.63, 3.8) is 0 Å². The number of hydrogen-bond donors (Lipinski definition) is 1. The van der Waals surface area contributed by atoms with E-state index in [1.54, 1.807) is 21.9 Å². The van der Waals surface area contributed by atoms with Crippen molar-refractivity contribution < 1.29 is 18.5 Å².